The van der Waals surface area contributed by atoms with Crippen LogP contribution in [0.25, 0.3) is 0 Å². The topological polar surface area (TPSA) is 39.1 Å². The summed E-state index contributed by atoms with van der Waals surface area (Å²) < 4.78 is 44.7. The van der Waals surface area contributed by atoms with Crippen LogP contribution in [0.3, 0.4) is 0 Å². The lowest BCUT2D eigenvalue weighted by atomic mass is 10.3. The van der Waals surface area contributed by atoms with Crippen LogP contribution in [0.4, 0.5) is 18.9 Å². The lowest BCUT2D eigenvalue weighted by molar-refractivity contribution is -0.141. The van der Waals surface area contributed by atoms with Gasteiger partial charge < -0.3 is 10.1 Å². The zero-order chi connectivity index (χ0) is 16.2. The second kappa shape index (κ2) is 6.72. The highest BCUT2D eigenvalue weighted by atomic mass is 19.4. The van der Waals surface area contributed by atoms with Crippen molar-refractivity contribution < 1.29 is 17.9 Å². The number of hydrogen-bond donors (Lipinski definition) is 1. The number of aryl methyl sites for hydroxylation is 1. The Morgan fingerprint density at radius 3 is 2.41 bits per heavy atom. The van der Waals surface area contributed by atoms with Gasteiger partial charge in [0, 0.05) is 12.2 Å². The molecule has 0 spiro atoms. The maximum absolute atomic E-state index is 12.7. The summed E-state index contributed by atoms with van der Waals surface area (Å²) in [5, 5.41) is 6.67. The molecule has 1 aromatic carbocycles. The van der Waals surface area contributed by atoms with Gasteiger partial charge >= 0.3 is 6.18 Å². The van der Waals surface area contributed by atoms with Gasteiger partial charge in [0.25, 0.3) is 0 Å². The van der Waals surface area contributed by atoms with Crippen molar-refractivity contribution in [1.29, 1.82) is 0 Å². The lowest BCUT2D eigenvalue weighted by Gasteiger charge is -2.09. The van der Waals surface area contributed by atoms with Crippen molar-refractivity contribution in [2.24, 2.45) is 0 Å². The normalized spacial score (nSPS) is 11.5. The molecule has 0 aliphatic carbocycles. The number of alkyl halides is 3. The molecule has 0 unspecified atom stereocenters. The van der Waals surface area contributed by atoms with Crippen LogP contribution in [0.1, 0.15) is 25.2 Å². The summed E-state index contributed by atoms with van der Waals surface area (Å²) >= 11 is 0. The van der Waals surface area contributed by atoms with Crippen molar-refractivity contribution in [3.8, 4) is 5.75 Å². The standard InChI is InChI=1S/C15H18F3N3O/c1-3-21-12(9-14(20-21)15(16,17)18)10-19-11-5-7-13(8-6-11)22-4-2/h5-9,19H,3-4,10H2,1-2H3. The number of benzene rings is 1. The van der Waals surface area contributed by atoms with E-state index in [4.69, 9.17) is 4.74 Å². The minimum atomic E-state index is -4.42. The molecule has 0 aliphatic heterocycles. The van der Waals surface area contributed by atoms with Crippen LogP contribution >= 0.6 is 0 Å². The molecule has 0 radical (unpaired) electrons. The number of ether oxygens (including phenoxy) is 1. The molecular weight excluding hydrogens is 295 g/mol. The summed E-state index contributed by atoms with van der Waals surface area (Å²) in [6.45, 7) is 4.90. The Morgan fingerprint density at radius 1 is 1.18 bits per heavy atom. The molecule has 2 aromatic rings. The van der Waals surface area contributed by atoms with Gasteiger partial charge in [0.05, 0.1) is 18.8 Å². The van der Waals surface area contributed by atoms with Crippen molar-refractivity contribution >= 4 is 5.69 Å². The van der Waals surface area contributed by atoms with Gasteiger partial charge in [-0.1, -0.05) is 0 Å². The number of anilines is 1. The molecule has 2 rings (SSSR count). The summed E-state index contributed by atoms with van der Waals surface area (Å²) in [5.41, 5.74) is 0.433. The molecule has 0 bridgehead atoms. The fourth-order valence-electron chi connectivity index (χ4n) is 2.04. The first-order valence-electron chi connectivity index (χ1n) is 7.04. The molecule has 0 atom stereocenters. The maximum Gasteiger partial charge on any atom is 0.435 e. The number of nitrogens with one attached hydrogen (secondary N) is 1. The van der Waals surface area contributed by atoms with Crippen molar-refractivity contribution in [3.05, 3.63) is 41.7 Å². The molecule has 0 saturated carbocycles. The monoisotopic (exact) mass is 313 g/mol. The van der Waals surface area contributed by atoms with E-state index in [2.05, 4.69) is 10.4 Å². The van der Waals surface area contributed by atoms with Gasteiger partial charge in [-0.15, -0.1) is 0 Å². The van der Waals surface area contributed by atoms with Crippen LogP contribution in [-0.2, 0) is 19.3 Å². The fourth-order valence-corrected chi connectivity index (χ4v) is 2.04. The van der Waals surface area contributed by atoms with E-state index in [-0.39, 0.29) is 6.54 Å². The maximum atomic E-state index is 12.7. The summed E-state index contributed by atoms with van der Waals surface area (Å²) in [6, 6.07) is 8.34. The largest absolute Gasteiger partial charge is 0.494 e. The second-order valence-electron chi connectivity index (χ2n) is 4.65. The summed E-state index contributed by atoms with van der Waals surface area (Å²) in [7, 11) is 0. The smallest absolute Gasteiger partial charge is 0.435 e. The van der Waals surface area contributed by atoms with E-state index in [1.165, 1.54) is 4.68 Å². The molecule has 1 aromatic heterocycles. The van der Waals surface area contributed by atoms with Crippen molar-refractivity contribution in [2.75, 3.05) is 11.9 Å². The van der Waals surface area contributed by atoms with Gasteiger partial charge in [-0.2, -0.15) is 18.3 Å². The quantitative estimate of drug-likeness (QED) is 0.878. The van der Waals surface area contributed by atoms with Crippen LogP contribution in [0.2, 0.25) is 0 Å². The fraction of sp³-hybridized carbons (Fsp3) is 0.400. The Kier molecular flexibility index (Phi) is 4.95. The van der Waals surface area contributed by atoms with Gasteiger partial charge in [-0.25, -0.2) is 0 Å². The summed E-state index contributed by atoms with van der Waals surface area (Å²) in [6.07, 6.45) is -4.42. The van der Waals surface area contributed by atoms with Crippen LogP contribution in [0.5, 0.6) is 5.75 Å². The average molecular weight is 313 g/mol. The van der Waals surface area contributed by atoms with E-state index in [0.717, 1.165) is 17.5 Å². The van der Waals surface area contributed by atoms with Crippen molar-refractivity contribution in [3.63, 3.8) is 0 Å². The molecule has 22 heavy (non-hydrogen) atoms. The first-order valence-corrected chi connectivity index (χ1v) is 7.04. The summed E-state index contributed by atoms with van der Waals surface area (Å²) in [5.74, 6) is 0.756. The molecule has 1 N–H and O–H groups in total. The molecular formula is C15H18F3N3O. The average Bonchev–Trinajstić information content (AvgIpc) is 2.90. The third kappa shape index (κ3) is 3.93. The number of halogens is 3. The van der Waals surface area contributed by atoms with E-state index in [1.54, 1.807) is 6.92 Å². The zero-order valence-corrected chi connectivity index (χ0v) is 12.4. The predicted octanol–water partition coefficient (Wildman–Crippen LogP) is 3.93. The highest BCUT2D eigenvalue weighted by molar-refractivity contribution is 5.46. The molecule has 1 heterocycles. The molecule has 0 fully saturated rings. The van der Waals surface area contributed by atoms with Crippen molar-refractivity contribution in [2.45, 2.75) is 33.1 Å². The summed E-state index contributed by atoms with van der Waals surface area (Å²) in [4.78, 5) is 0. The Hall–Kier alpha value is -2.18. The van der Waals surface area contributed by atoms with E-state index in [1.807, 2.05) is 31.2 Å². The van der Waals surface area contributed by atoms with Gasteiger partial charge in [0.15, 0.2) is 5.69 Å². The Morgan fingerprint density at radius 2 is 1.86 bits per heavy atom. The molecule has 0 aliphatic rings. The van der Waals surface area contributed by atoms with Gasteiger partial charge in [0.2, 0.25) is 0 Å². The molecule has 0 saturated heterocycles. The minimum Gasteiger partial charge on any atom is -0.494 e. The van der Waals surface area contributed by atoms with Gasteiger partial charge in [0.1, 0.15) is 5.75 Å². The molecule has 120 valence electrons. The first kappa shape index (κ1) is 16.2. The third-order valence-corrected chi connectivity index (χ3v) is 3.09. The van der Waals surface area contributed by atoms with Crippen LogP contribution in [0, 0.1) is 0 Å². The van der Waals surface area contributed by atoms with Crippen LogP contribution < -0.4 is 10.1 Å². The highest BCUT2D eigenvalue weighted by Gasteiger charge is 2.34. The van der Waals surface area contributed by atoms with Crippen LogP contribution in [0.15, 0.2) is 30.3 Å². The Balaban J connectivity index is 2.06. The van der Waals surface area contributed by atoms with Crippen LogP contribution in [-0.4, -0.2) is 16.4 Å². The van der Waals surface area contributed by atoms with E-state index in [9.17, 15) is 13.2 Å². The highest BCUT2D eigenvalue weighted by Crippen LogP contribution is 2.28. The first-order chi connectivity index (χ1) is 10.4. The number of aromatic nitrogens is 2. The SMILES string of the molecule is CCOc1ccc(NCc2cc(C(F)(F)F)nn2CC)cc1. The predicted molar refractivity (Wildman–Crippen MR) is 77.8 cm³/mol. The van der Waals surface area contributed by atoms with E-state index < -0.39 is 11.9 Å². The van der Waals surface area contributed by atoms with Gasteiger partial charge in [-0.3, -0.25) is 4.68 Å². The van der Waals surface area contributed by atoms with Crippen molar-refractivity contribution in [1.82, 2.24) is 9.78 Å². The zero-order valence-electron chi connectivity index (χ0n) is 12.4. The molecule has 0 amide bonds. The number of hydrogen-bond acceptors (Lipinski definition) is 3. The second-order valence-corrected chi connectivity index (χ2v) is 4.65. The number of rotatable bonds is 6. The van der Waals surface area contributed by atoms with E-state index >= 15 is 0 Å². The lowest BCUT2D eigenvalue weighted by Crippen LogP contribution is -2.09. The minimum absolute atomic E-state index is 0.269. The van der Waals surface area contributed by atoms with Gasteiger partial charge in [-0.05, 0) is 44.2 Å². The molecule has 7 heteroatoms. The van der Waals surface area contributed by atoms with E-state index in [0.29, 0.717) is 18.8 Å². The Bertz CT molecular complexity index is 605. The Labute approximate surface area is 126 Å². The molecule has 4 nitrogen and oxygen atoms in total. The third-order valence-electron chi connectivity index (χ3n) is 3.09. The number of nitrogens with zero attached hydrogens (tertiary/aromatic N) is 2.